The Balaban J connectivity index is 1.51. The van der Waals surface area contributed by atoms with Crippen molar-refractivity contribution in [2.45, 2.75) is 32.0 Å². The first-order valence-electron chi connectivity index (χ1n) is 10.1. The van der Waals surface area contributed by atoms with Gasteiger partial charge in [-0.25, -0.2) is 4.98 Å². The van der Waals surface area contributed by atoms with E-state index in [1.54, 1.807) is 11.8 Å². The first-order valence-corrected chi connectivity index (χ1v) is 11.0. The molecule has 5 rings (SSSR count). The van der Waals surface area contributed by atoms with Gasteiger partial charge in [0, 0.05) is 29.2 Å². The maximum Gasteiger partial charge on any atom is 0.282 e. The lowest BCUT2D eigenvalue weighted by Crippen LogP contribution is -2.26. The molecule has 0 saturated carbocycles. The van der Waals surface area contributed by atoms with E-state index in [4.69, 9.17) is 5.10 Å². The van der Waals surface area contributed by atoms with Gasteiger partial charge >= 0.3 is 0 Å². The van der Waals surface area contributed by atoms with Crippen molar-refractivity contribution in [1.82, 2.24) is 14.2 Å². The Morgan fingerprint density at radius 1 is 1.03 bits per heavy atom. The van der Waals surface area contributed by atoms with Crippen molar-refractivity contribution in [2.24, 2.45) is 5.10 Å². The highest BCUT2D eigenvalue weighted by atomic mass is 32.2. The minimum Gasteiger partial charge on any atom is -0.348 e. The molecule has 30 heavy (non-hydrogen) atoms. The van der Waals surface area contributed by atoms with Crippen molar-refractivity contribution >= 4 is 28.4 Å². The maximum absolute atomic E-state index is 13.0. The molecule has 0 spiro atoms. The zero-order valence-electron chi connectivity index (χ0n) is 17.0. The van der Waals surface area contributed by atoms with Crippen LogP contribution in [-0.4, -0.2) is 25.7 Å². The van der Waals surface area contributed by atoms with Gasteiger partial charge in [-0.3, -0.25) is 4.79 Å². The quantitative estimate of drug-likeness (QED) is 0.465. The number of thioether (sulfide) groups is 1. The lowest BCUT2D eigenvalue weighted by Gasteiger charge is -2.16. The molecule has 1 aliphatic heterocycles. The third-order valence-corrected chi connectivity index (χ3v) is 6.57. The molecule has 0 unspecified atom stereocenters. The van der Waals surface area contributed by atoms with Gasteiger partial charge in [-0.15, -0.1) is 0 Å². The Hall–Kier alpha value is -3.12. The molecule has 0 atom stereocenters. The van der Waals surface area contributed by atoms with E-state index >= 15 is 0 Å². The zero-order valence-corrected chi connectivity index (χ0v) is 17.8. The van der Waals surface area contributed by atoms with E-state index in [1.165, 1.54) is 21.6 Å². The molecular weight excluding hydrogens is 392 g/mol. The molecule has 0 fully saturated rings. The summed E-state index contributed by atoms with van der Waals surface area (Å²) in [6.45, 7) is 5.19. The van der Waals surface area contributed by atoms with E-state index < -0.39 is 0 Å². The maximum atomic E-state index is 13.0. The van der Waals surface area contributed by atoms with Crippen LogP contribution in [0.15, 0.2) is 75.7 Å². The lowest BCUT2D eigenvalue weighted by atomic mass is 10.1. The fraction of sp³-hybridized carbons (Fsp3) is 0.208. The second-order valence-electron chi connectivity index (χ2n) is 7.54. The number of hydrogen-bond donors (Lipinski definition) is 0. The first-order chi connectivity index (χ1) is 14.6. The van der Waals surface area contributed by atoms with Gasteiger partial charge in [0.1, 0.15) is 0 Å². The van der Waals surface area contributed by atoms with Gasteiger partial charge in [0.2, 0.25) is 0 Å². The van der Waals surface area contributed by atoms with Crippen molar-refractivity contribution in [3.05, 3.63) is 93.5 Å². The largest absolute Gasteiger partial charge is 0.348 e. The Bertz CT molecular complexity index is 1330. The zero-order chi connectivity index (χ0) is 20.7. The average molecular weight is 415 g/mol. The topological polar surface area (TPSA) is 52.2 Å². The summed E-state index contributed by atoms with van der Waals surface area (Å²) in [5.41, 5.74) is 6.37. The summed E-state index contributed by atoms with van der Waals surface area (Å²) in [4.78, 5) is 17.6. The van der Waals surface area contributed by atoms with Crippen LogP contribution in [0, 0.1) is 13.8 Å². The summed E-state index contributed by atoms with van der Waals surface area (Å²) < 4.78 is 3.80. The van der Waals surface area contributed by atoms with Gasteiger partial charge in [0.15, 0.2) is 5.16 Å². The number of rotatable bonds is 4. The van der Waals surface area contributed by atoms with Crippen molar-refractivity contribution < 1.29 is 0 Å². The van der Waals surface area contributed by atoms with Crippen LogP contribution in [0.3, 0.4) is 0 Å². The molecule has 4 aromatic rings. The van der Waals surface area contributed by atoms with Crippen LogP contribution >= 0.6 is 11.8 Å². The number of benzene rings is 2. The molecule has 0 saturated heterocycles. The molecule has 2 aromatic heterocycles. The minimum absolute atomic E-state index is 0.113. The summed E-state index contributed by atoms with van der Waals surface area (Å²) >= 11 is 1.57. The predicted octanol–water partition coefficient (Wildman–Crippen LogP) is 4.42. The van der Waals surface area contributed by atoms with Gasteiger partial charge in [-0.1, -0.05) is 54.2 Å². The summed E-state index contributed by atoms with van der Waals surface area (Å²) in [5.74, 6) is 0.702. The molecule has 6 heteroatoms. The molecule has 0 radical (unpaired) electrons. The highest BCUT2D eigenvalue weighted by Crippen LogP contribution is 2.26. The normalized spacial score (nSPS) is 13.3. The van der Waals surface area contributed by atoms with Crippen LogP contribution in [0.1, 0.15) is 22.5 Å². The molecule has 0 amide bonds. The summed E-state index contributed by atoms with van der Waals surface area (Å²) in [7, 11) is 0. The highest BCUT2D eigenvalue weighted by Gasteiger charge is 2.21. The van der Waals surface area contributed by atoms with E-state index in [-0.39, 0.29) is 5.56 Å². The molecule has 5 nitrogen and oxygen atoms in total. The Morgan fingerprint density at radius 3 is 2.63 bits per heavy atom. The van der Waals surface area contributed by atoms with E-state index in [1.807, 2.05) is 30.3 Å². The number of aryl methyl sites for hydroxylation is 2. The van der Waals surface area contributed by atoms with Gasteiger partial charge in [-0.05, 0) is 44.0 Å². The fourth-order valence-electron chi connectivity index (χ4n) is 4.02. The van der Waals surface area contributed by atoms with Crippen molar-refractivity contribution in [2.75, 3.05) is 5.75 Å². The number of hydrogen-bond acceptors (Lipinski definition) is 4. The van der Waals surface area contributed by atoms with Crippen LogP contribution in [0.25, 0.3) is 10.9 Å². The van der Waals surface area contributed by atoms with Gasteiger partial charge in [0.25, 0.3) is 5.56 Å². The number of nitrogens with zero attached hydrogens (tertiary/aromatic N) is 4. The summed E-state index contributed by atoms with van der Waals surface area (Å²) in [6, 6.07) is 20.2. The Morgan fingerprint density at radius 2 is 1.80 bits per heavy atom. The van der Waals surface area contributed by atoms with Crippen molar-refractivity contribution in [1.29, 1.82) is 0 Å². The Labute approximate surface area is 179 Å². The standard InChI is InChI=1S/C24H22N4OS/c1-16-14-20(17(2)27(16)13-12-18-8-4-3-5-9-18)22-15-30-24-25-21-11-7-6-10-19(21)23(29)28(24)26-22/h3-11,14H,12-13,15H2,1-2H3. The smallest absolute Gasteiger partial charge is 0.282 e. The molecule has 0 aliphatic carbocycles. The van der Waals surface area contributed by atoms with Crippen LogP contribution in [0.4, 0.5) is 0 Å². The SMILES string of the molecule is Cc1cc(C2=Nn3c(nc4ccccc4c3=O)SC2)c(C)n1CCc1ccccc1. The van der Waals surface area contributed by atoms with Crippen molar-refractivity contribution in [3.8, 4) is 0 Å². The molecule has 1 aliphatic rings. The van der Waals surface area contributed by atoms with E-state index in [0.29, 0.717) is 16.3 Å². The van der Waals surface area contributed by atoms with Crippen LogP contribution < -0.4 is 5.56 Å². The monoisotopic (exact) mass is 414 g/mol. The minimum atomic E-state index is -0.113. The third kappa shape index (κ3) is 3.27. The average Bonchev–Trinajstić information content (AvgIpc) is 3.06. The number of fused-ring (bicyclic) bond motifs is 2. The summed E-state index contributed by atoms with van der Waals surface area (Å²) in [5, 5.41) is 5.97. The van der Waals surface area contributed by atoms with E-state index in [2.05, 4.69) is 53.7 Å². The lowest BCUT2D eigenvalue weighted by molar-refractivity contribution is 0.663. The second kappa shape index (κ2) is 7.61. The molecule has 3 heterocycles. The Kier molecular flexibility index (Phi) is 4.79. The summed E-state index contributed by atoms with van der Waals surface area (Å²) in [6.07, 6.45) is 0.982. The van der Waals surface area contributed by atoms with Crippen molar-refractivity contribution in [3.63, 3.8) is 0 Å². The van der Waals surface area contributed by atoms with E-state index in [9.17, 15) is 4.79 Å². The predicted molar refractivity (Wildman–Crippen MR) is 123 cm³/mol. The molecule has 2 aromatic carbocycles. The highest BCUT2D eigenvalue weighted by molar-refractivity contribution is 7.99. The first kappa shape index (κ1) is 18.9. The molecule has 0 N–H and O–H groups in total. The van der Waals surface area contributed by atoms with Gasteiger partial charge < -0.3 is 4.57 Å². The van der Waals surface area contributed by atoms with Gasteiger partial charge in [0.05, 0.1) is 16.6 Å². The number of para-hydroxylation sites is 1. The van der Waals surface area contributed by atoms with Crippen LogP contribution in [-0.2, 0) is 13.0 Å². The molecule has 150 valence electrons. The van der Waals surface area contributed by atoms with Crippen LogP contribution in [0.5, 0.6) is 0 Å². The third-order valence-electron chi connectivity index (χ3n) is 5.63. The van der Waals surface area contributed by atoms with Crippen LogP contribution in [0.2, 0.25) is 0 Å². The number of aromatic nitrogens is 3. The van der Waals surface area contributed by atoms with Gasteiger partial charge in [-0.2, -0.15) is 9.78 Å². The molecular formula is C24H22N4OS. The van der Waals surface area contributed by atoms with E-state index in [0.717, 1.165) is 29.8 Å². The second-order valence-corrected chi connectivity index (χ2v) is 8.48. The fourth-order valence-corrected chi connectivity index (χ4v) is 4.91. The molecule has 0 bridgehead atoms.